The summed E-state index contributed by atoms with van der Waals surface area (Å²) in [6.07, 6.45) is 1.12. The summed E-state index contributed by atoms with van der Waals surface area (Å²) < 4.78 is 0. The molecule has 1 fully saturated rings. The second-order valence-electron chi connectivity index (χ2n) is 6.51. The molecule has 1 aliphatic rings. The van der Waals surface area contributed by atoms with E-state index < -0.39 is 17.2 Å². The van der Waals surface area contributed by atoms with Gasteiger partial charge < -0.3 is 16.0 Å². The van der Waals surface area contributed by atoms with Crippen LogP contribution < -0.4 is 22.3 Å². The maximum Gasteiger partial charge on any atom is 0.325 e. The Kier molecular flexibility index (Phi) is 3.13. The van der Waals surface area contributed by atoms with E-state index in [0.717, 1.165) is 6.20 Å². The van der Waals surface area contributed by atoms with Crippen molar-refractivity contribution < 1.29 is 4.79 Å². The lowest BCUT2D eigenvalue weighted by molar-refractivity contribution is -0.0663. The van der Waals surface area contributed by atoms with E-state index in [9.17, 15) is 14.4 Å². The summed E-state index contributed by atoms with van der Waals surface area (Å²) in [6, 6.07) is -0.196. The zero-order valence-electron chi connectivity index (χ0n) is 12.0. The average molecular weight is 280 g/mol. The van der Waals surface area contributed by atoms with E-state index in [-0.39, 0.29) is 28.5 Å². The summed E-state index contributed by atoms with van der Waals surface area (Å²) in [5, 5.41) is 2.84. The van der Waals surface area contributed by atoms with Gasteiger partial charge in [0.15, 0.2) is 0 Å². The van der Waals surface area contributed by atoms with Crippen LogP contribution in [0.15, 0.2) is 15.8 Å². The normalized spacial score (nSPS) is 26.6. The number of nitrogens with one attached hydrogen (secondary N) is 3. The number of hydrogen-bond donors (Lipinski definition) is 4. The second-order valence-corrected chi connectivity index (χ2v) is 6.51. The number of aromatic amines is 2. The van der Waals surface area contributed by atoms with Crippen molar-refractivity contribution in [2.45, 2.75) is 39.8 Å². The van der Waals surface area contributed by atoms with Crippen molar-refractivity contribution in [3.8, 4) is 0 Å². The number of carbonyl (C=O) groups is 1. The molecule has 5 N–H and O–H groups in total. The van der Waals surface area contributed by atoms with E-state index in [1.807, 2.05) is 32.7 Å². The molecule has 1 heterocycles. The van der Waals surface area contributed by atoms with Crippen molar-refractivity contribution in [3.63, 3.8) is 0 Å². The minimum Gasteiger partial charge on any atom is -0.348 e. The fraction of sp³-hybridized carbons (Fsp3) is 0.615. The molecule has 0 saturated heterocycles. The Labute approximate surface area is 116 Å². The summed E-state index contributed by atoms with van der Waals surface area (Å²) in [5.41, 5.74) is 4.15. The molecule has 0 bridgehead atoms. The van der Waals surface area contributed by atoms with Crippen LogP contribution in [-0.4, -0.2) is 28.0 Å². The van der Waals surface area contributed by atoms with Crippen molar-refractivity contribution in [3.05, 3.63) is 32.6 Å². The van der Waals surface area contributed by atoms with E-state index in [1.54, 1.807) is 0 Å². The van der Waals surface area contributed by atoms with Crippen LogP contribution in [0.2, 0.25) is 0 Å². The molecule has 0 atom stereocenters. The highest BCUT2D eigenvalue weighted by Crippen LogP contribution is 2.52. The summed E-state index contributed by atoms with van der Waals surface area (Å²) in [6.45, 7) is 7.91. The minimum absolute atomic E-state index is 0.0471. The first-order valence-corrected chi connectivity index (χ1v) is 6.47. The van der Waals surface area contributed by atoms with Crippen molar-refractivity contribution in [2.75, 3.05) is 0 Å². The zero-order chi connectivity index (χ0) is 15.3. The van der Waals surface area contributed by atoms with Crippen molar-refractivity contribution in [1.29, 1.82) is 0 Å². The first-order chi connectivity index (χ1) is 9.08. The molecule has 0 aliphatic heterocycles. The fourth-order valence-electron chi connectivity index (χ4n) is 3.34. The summed E-state index contributed by atoms with van der Waals surface area (Å²) in [5.74, 6) is -0.513. The lowest BCUT2D eigenvalue weighted by atomic mass is 9.48. The van der Waals surface area contributed by atoms with Crippen molar-refractivity contribution in [1.82, 2.24) is 15.3 Å². The molecule has 0 radical (unpaired) electrons. The number of rotatable bonds is 2. The monoisotopic (exact) mass is 280 g/mol. The second kappa shape index (κ2) is 4.31. The van der Waals surface area contributed by atoms with Crippen LogP contribution in [0.5, 0.6) is 0 Å². The molecule has 1 saturated carbocycles. The molecular formula is C13H20N4O3. The van der Waals surface area contributed by atoms with Gasteiger partial charge in [-0.3, -0.25) is 14.6 Å². The first kappa shape index (κ1) is 14.5. The standard InChI is InChI=1S/C13H20N4O3/c1-12(2)9(14)13(3,4)10(12)16-7(18)6-5-15-11(20)17-8(6)19/h5,9-10H,14H2,1-4H3,(H,16,18)(H2,15,17,19,20). The van der Waals surface area contributed by atoms with Gasteiger partial charge in [-0.25, -0.2) is 4.79 Å². The quantitative estimate of drug-likeness (QED) is 0.586. The largest absolute Gasteiger partial charge is 0.348 e. The summed E-state index contributed by atoms with van der Waals surface area (Å²) >= 11 is 0. The molecule has 1 aromatic heterocycles. The summed E-state index contributed by atoms with van der Waals surface area (Å²) in [4.78, 5) is 39.0. The highest BCUT2D eigenvalue weighted by atomic mass is 16.2. The molecule has 1 aromatic rings. The van der Waals surface area contributed by atoms with Gasteiger partial charge in [0.1, 0.15) is 5.56 Å². The molecule has 0 unspecified atom stereocenters. The Balaban J connectivity index is 2.25. The van der Waals surface area contributed by atoms with E-state index in [1.165, 1.54) is 0 Å². The van der Waals surface area contributed by atoms with Crippen molar-refractivity contribution >= 4 is 5.91 Å². The number of H-pyrrole nitrogens is 2. The van der Waals surface area contributed by atoms with Gasteiger partial charge in [0, 0.05) is 29.1 Å². The van der Waals surface area contributed by atoms with Crippen LogP contribution >= 0.6 is 0 Å². The molecule has 2 rings (SSSR count). The van der Waals surface area contributed by atoms with Gasteiger partial charge in [0.2, 0.25) is 0 Å². The molecule has 0 spiro atoms. The van der Waals surface area contributed by atoms with E-state index >= 15 is 0 Å². The average Bonchev–Trinajstić information content (AvgIpc) is 2.34. The first-order valence-electron chi connectivity index (χ1n) is 6.47. The highest BCUT2D eigenvalue weighted by molar-refractivity contribution is 5.93. The number of aromatic nitrogens is 2. The fourth-order valence-corrected chi connectivity index (χ4v) is 3.34. The van der Waals surface area contributed by atoms with Gasteiger partial charge in [-0.15, -0.1) is 0 Å². The lowest BCUT2D eigenvalue weighted by Crippen LogP contribution is -2.76. The molecule has 7 heteroatoms. The van der Waals surface area contributed by atoms with E-state index in [2.05, 4.69) is 10.3 Å². The smallest absolute Gasteiger partial charge is 0.325 e. The molecule has 1 amide bonds. The van der Waals surface area contributed by atoms with Crippen LogP contribution in [0.25, 0.3) is 0 Å². The molecule has 1 aliphatic carbocycles. The molecule has 110 valence electrons. The Bertz CT molecular complexity index is 640. The Morgan fingerprint density at radius 1 is 1.25 bits per heavy atom. The predicted molar refractivity (Wildman–Crippen MR) is 74.5 cm³/mol. The third-order valence-corrected chi connectivity index (χ3v) is 4.43. The number of carbonyl (C=O) groups excluding carboxylic acids is 1. The van der Waals surface area contributed by atoms with Gasteiger partial charge in [-0.05, 0) is 0 Å². The highest BCUT2D eigenvalue weighted by Gasteiger charge is 2.60. The van der Waals surface area contributed by atoms with E-state index in [4.69, 9.17) is 5.73 Å². The van der Waals surface area contributed by atoms with Crippen LogP contribution in [0.3, 0.4) is 0 Å². The van der Waals surface area contributed by atoms with Gasteiger partial charge in [0.25, 0.3) is 11.5 Å². The Morgan fingerprint density at radius 3 is 2.30 bits per heavy atom. The topological polar surface area (TPSA) is 121 Å². The van der Waals surface area contributed by atoms with Gasteiger partial charge >= 0.3 is 5.69 Å². The van der Waals surface area contributed by atoms with Crippen molar-refractivity contribution in [2.24, 2.45) is 16.6 Å². The number of hydrogen-bond acceptors (Lipinski definition) is 4. The maximum absolute atomic E-state index is 12.2. The predicted octanol–water partition coefficient (Wildman–Crippen LogP) is -0.445. The van der Waals surface area contributed by atoms with Gasteiger partial charge in [-0.1, -0.05) is 27.7 Å². The summed E-state index contributed by atoms with van der Waals surface area (Å²) in [7, 11) is 0. The molecular weight excluding hydrogens is 260 g/mol. The third kappa shape index (κ3) is 1.98. The SMILES string of the molecule is CC1(C)C(N)C(C)(C)C1NC(=O)c1c[nH]c(=O)[nH]c1=O. The van der Waals surface area contributed by atoms with E-state index in [0.29, 0.717) is 0 Å². The molecule has 0 aromatic carbocycles. The van der Waals surface area contributed by atoms with Crippen LogP contribution in [-0.2, 0) is 0 Å². The maximum atomic E-state index is 12.2. The van der Waals surface area contributed by atoms with Crippen LogP contribution in [0.1, 0.15) is 38.1 Å². The third-order valence-electron chi connectivity index (χ3n) is 4.43. The lowest BCUT2D eigenvalue weighted by Gasteiger charge is -2.62. The van der Waals surface area contributed by atoms with Crippen LogP contribution in [0, 0.1) is 10.8 Å². The number of nitrogens with two attached hydrogens (primary N) is 1. The van der Waals surface area contributed by atoms with Crippen LogP contribution in [0.4, 0.5) is 0 Å². The Hall–Kier alpha value is -1.89. The Morgan fingerprint density at radius 2 is 1.80 bits per heavy atom. The number of amides is 1. The molecule has 20 heavy (non-hydrogen) atoms. The zero-order valence-corrected chi connectivity index (χ0v) is 12.0. The van der Waals surface area contributed by atoms with Gasteiger partial charge in [-0.2, -0.15) is 0 Å². The van der Waals surface area contributed by atoms with Gasteiger partial charge in [0.05, 0.1) is 0 Å². The molecule has 7 nitrogen and oxygen atoms in total. The minimum atomic E-state index is -0.703.